The molecule has 0 saturated carbocycles. The third kappa shape index (κ3) is 2.23. The van der Waals surface area contributed by atoms with Crippen molar-refractivity contribution < 1.29 is 0 Å². The van der Waals surface area contributed by atoms with Gasteiger partial charge in [-0.1, -0.05) is 50.1 Å². The van der Waals surface area contributed by atoms with Crippen LogP contribution < -0.4 is 4.90 Å². The second-order valence-electron chi connectivity index (χ2n) is 2.75. The van der Waals surface area contributed by atoms with Gasteiger partial charge in [0.1, 0.15) is 0 Å². The second kappa shape index (κ2) is 4.28. The maximum Gasteiger partial charge on any atom is 0.0966 e. The highest BCUT2D eigenvalue weighted by Gasteiger charge is 2.08. The average Bonchev–Trinajstić information content (AvgIpc) is 2.04. The molecule has 3 heteroatoms. The van der Waals surface area contributed by atoms with E-state index in [9.17, 15) is 0 Å². The van der Waals surface area contributed by atoms with Crippen LogP contribution in [-0.4, -0.2) is 14.1 Å². The van der Waals surface area contributed by atoms with Gasteiger partial charge in [-0.05, 0) is 11.6 Å². The molecule has 0 aliphatic heterocycles. The van der Waals surface area contributed by atoms with E-state index >= 15 is 0 Å². The molecule has 0 fully saturated rings. The molecule has 0 radical (unpaired) electrons. The Hall–Kier alpha value is -0.0200. The van der Waals surface area contributed by atoms with E-state index in [1.54, 1.807) is 0 Å². The van der Waals surface area contributed by atoms with Crippen LogP contribution in [0.15, 0.2) is 24.3 Å². The minimum atomic E-state index is 0.226. The molecule has 0 heterocycles. The molecular weight excluding hydrogens is 282 g/mol. The van der Waals surface area contributed by atoms with Gasteiger partial charge in [0.2, 0.25) is 0 Å². The van der Waals surface area contributed by atoms with E-state index in [2.05, 4.69) is 48.9 Å². The first-order valence-electron chi connectivity index (χ1n) is 3.67. The Balaban J connectivity index is 3.09. The first kappa shape index (κ1) is 10.1. The summed E-state index contributed by atoms with van der Waals surface area (Å²) in [6.45, 7) is 0. The molecule has 0 saturated heterocycles. The Morgan fingerprint density at radius 1 is 1.17 bits per heavy atom. The zero-order valence-electron chi connectivity index (χ0n) is 7.09. The third-order valence-corrected chi connectivity index (χ3v) is 2.64. The molecule has 0 spiro atoms. The maximum atomic E-state index is 3.49. The van der Waals surface area contributed by atoms with Crippen molar-refractivity contribution >= 4 is 37.5 Å². The number of hydrogen-bond donors (Lipinski definition) is 0. The number of rotatable bonds is 2. The summed E-state index contributed by atoms with van der Waals surface area (Å²) in [5, 5.41) is 0. The first-order chi connectivity index (χ1) is 5.63. The van der Waals surface area contributed by atoms with Crippen LogP contribution in [-0.2, 0) is 0 Å². The summed E-state index contributed by atoms with van der Waals surface area (Å²) < 4.78 is 0.226. The monoisotopic (exact) mass is 291 g/mol. The fourth-order valence-corrected chi connectivity index (χ4v) is 1.85. The van der Waals surface area contributed by atoms with E-state index < -0.39 is 0 Å². The number of anilines is 1. The van der Waals surface area contributed by atoms with Gasteiger partial charge < -0.3 is 4.90 Å². The van der Waals surface area contributed by atoms with Crippen molar-refractivity contribution in [2.45, 2.75) is 3.74 Å². The summed E-state index contributed by atoms with van der Waals surface area (Å²) in [6, 6.07) is 8.29. The Labute approximate surface area is 90.0 Å². The van der Waals surface area contributed by atoms with Crippen molar-refractivity contribution in [1.29, 1.82) is 0 Å². The SMILES string of the molecule is CN(C)c1ccccc1C(Br)Br. The topological polar surface area (TPSA) is 3.24 Å². The van der Waals surface area contributed by atoms with Crippen molar-refractivity contribution in [3.63, 3.8) is 0 Å². The van der Waals surface area contributed by atoms with Crippen LogP contribution in [0.1, 0.15) is 9.30 Å². The summed E-state index contributed by atoms with van der Waals surface area (Å²) in [5.41, 5.74) is 2.48. The van der Waals surface area contributed by atoms with Crippen LogP contribution in [0, 0.1) is 0 Å². The number of benzene rings is 1. The number of hydrogen-bond acceptors (Lipinski definition) is 1. The molecule has 1 aromatic rings. The van der Waals surface area contributed by atoms with Gasteiger partial charge in [-0.3, -0.25) is 0 Å². The van der Waals surface area contributed by atoms with Crippen molar-refractivity contribution in [3.05, 3.63) is 29.8 Å². The zero-order chi connectivity index (χ0) is 9.14. The fourth-order valence-electron chi connectivity index (χ4n) is 1.08. The van der Waals surface area contributed by atoms with Crippen LogP contribution in [0.5, 0.6) is 0 Å². The maximum absolute atomic E-state index is 3.49. The van der Waals surface area contributed by atoms with Crippen molar-refractivity contribution in [1.82, 2.24) is 0 Å². The lowest BCUT2D eigenvalue weighted by atomic mass is 10.2. The molecule has 0 atom stereocenters. The van der Waals surface area contributed by atoms with E-state index in [1.807, 2.05) is 26.2 Å². The molecule has 1 rings (SSSR count). The Morgan fingerprint density at radius 3 is 2.17 bits per heavy atom. The lowest BCUT2D eigenvalue weighted by molar-refractivity contribution is 1.11. The minimum absolute atomic E-state index is 0.226. The van der Waals surface area contributed by atoms with Crippen LogP contribution in [0.4, 0.5) is 5.69 Å². The summed E-state index contributed by atoms with van der Waals surface area (Å²) in [6.07, 6.45) is 0. The average molecular weight is 293 g/mol. The molecule has 0 unspecified atom stereocenters. The van der Waals surface area contributed by atoms with E-state index in [0.29, 0.717) is 0 Å². The Bertz CT molecular complexity index is 231. The number of halogens is 2. The molecule has 0 N–H and O–H groups in total. The van der Waals surface area contributed by atoms with Crippen molar-refractivity contribution in [2.24, 2.45) is 0 Å². The molecule has 12 heavy (non-hydrogen) atoms. The lowest BCUT2D eigenvalue weighted by Crippen LogP contribution is -2.10. The minimum Gasteiger partial charge on any atom is -0.377 e. The van der Waals surface area contributed by atoms with Gasteiger partial charge in [0.05, 0.1) is 3.74 Å². The molecule has 0 bridgehead atoms. The normalized spacial score (nSPS) is 10.4. The largest absolute Gasteiger partial charge is 0.377 e. The standard InChI is InChI=1S/C9H11Br2N/c1-12(2)8-6-4-3-5-7(8)9(10)11/h3-6,9H,1-2H3. The Kier molecular flexibility index (Phi) is 3.59. The van der Waals surface area contributed by atoms with E-state index in [4.69, 9.17) is 0 Å². The van der Waals surface area contributed by atoms with Crippen LogP contribution >= 0.6 is 31.9 Å². The zero-order valence-corrected chi connectivity index (χ0v) is 10.3. The number of alkyl halides is 2. The molecule has 1 nitrogen and oxygen atoms in total. The van der Waals surface area contributed by atoms with Crippen molar-refractivity contribution in [3.8, 4) is 0 Å². The van der Waals surface area contributed by atoms with Gasteiger partial charge >= 0.3 is 0 Å². The predicted octanol–water partition coefficient (Wildman–Crippen LogP) is 3.54. The molecular formula is C9H11Br2N. The quantitative estimate of drug-likeness (QED) is 0.754. The first-order valence-corrected chi connectivity index (χ1v) is 5.50. The second-order valence-corrected chi connectivity index (χ2v) is 5.81. The number of para-hydroxylation sites is 1. The molecule has 1 aromatic carbocycles. The van der Waals surface area contributed by atoms with E-state index in [-0.39, 0.29) is 3.74 Å². The van der Waals surface area contributed by atoms with E-state index in [0.717, 1.165) is 0 Å². The van der Waals surface area contributed by atoms with Crippen molar-refractivity contribution in [2.75, 3.05) is 19.0 Å². The van der Waals surface area contributed by atoms with Gasteiger partial charge in [-0.25, -0.2) is 0 Å². The summed E-state index contributed by atoms with van der Waals surface area (Å²) in [4.78, 5) is 2.10. The number of nitrogens with zero attached hydrogens (tertiary/aromatic N) is 1. The lowest BCUT2D eigenvalue weighted by Gasteiger charge is -2.17. The van der Waals surface area contributed by atoms with Gasteiger partial charge in [-0.15, -0.1) is 0 Å². The van der Waals surface area contributed by atoms with Crippen LogP contribution in [0.25, 0.3) is 0 Å². The summed E-state index contributed by atoms with van der Waals surface area (Å²) >= 11 is 6.98. The molecule has 66 valence electrons. The highest BCUT2D eigenvalue weighted by atomic mass is 79.9. The highest BCUT2D eigenvalue weighted by molar-refractivity contribution is 9.24. The van der Waals surface area contributed by atoms with Crippen LogP contribution in [0.2, 0.25) is 0 Å². The van der Waals surface area contributed by atoms with E-state index in [1.165, 1.54) is 11.3 Å². The third-order valence-electron chi connectivity index (χ3n) is 1.65. The summed E-state index contributed by atoms with van der Waals surface area (Å²) in [5.74, 6) is 0. The van der Waals surface area contributed by atoms with Gasteiger partial charge in [0.15, 0.2) is 0 Å². The smallest absolute Gasteiger partial charge is 0.0966 e. The molecule has 0 aliphatic carbocycles. The molecule has 0 amide bonds. The van der Waals surface area contributed by atoms with Gasteiger partial charge in [-0.2, -0.15) is 0 Å². The molecule has 0 aliphatic rings. The predicted molar refractivity (Wildman–Crippen MR) is 61.4 cm³/mol. The van der Waals surface area contributed by atoms with Gasteiger partial charge in [0.25, 0.3) is 0 Å². The fraction of sp³-hybridized carbons (Fsp3) is 0.333. The Morgan fingerprint density at radius 2 is 1.75 bits per heavy atom. The van der Waals surface area contributed by atoms with Gasteiger partial charge in [0, 0.05) is 19.8 Å². The highest BCUT2D eigenvalue weighted by Crippen LogP contribution is 2.35. The summed E-state index contributed by atoms with van der Waals surface area (Å²) in [7, 11) is 4.09. The van der Waals surface area contributed by atoms with Crippen LogP contribution in [0.3, 0.4) is 0 Å². The molecule has 0 aromatic heterocycles.